The number of para-hydroxylation sites is 1. The maximum atomic E-state index is 4.30. The molecule has 0 fully saturated rings. The fourth-order valence-electron chi connectivity index (χ4n) is 2.05. The Morgan fingerprint density at radius 3 is 2.95 bits per heavy atom. The normalized spacial score (nSPS) is 12.3. The van der Waals surface area contributed by atoms with Gasteiger partial charge >= 0.3 is 0 Å². The summed E-state index contributed by atoms with van der Waals surface area (Å²) in [5, 5.41) is 7.85. The van der Waals surface area contributed by atoms with E-state index in [1.54, 1.807) is 6.20 Å². The summed E-state index contributed by atoms with van der Waals surface area (Å²) < 4.78 is 1.91. The Balaban J connectivity index is 2.02. The van der Waals surface area contributed by atoms with E-state index in [4.69, 9.17) is 0 Å². The lowest BCUT2D eigenvalue weighted by Crippen LogP contribution is -2.25. The van der Waals surface area contributed by atoms with Crippen molar-refractivity contribution in [3.8, 4) is 5.69 Å². The first-order valence-electron chi connectivity index (χ1n) is 6.73. The number of nitrogens with zero attached hydrogens (tertiary/aromatic N) is 2. The maximum absolute atomic E-state index is 4.30. The van der Waals surface area contributed by atoms with Crippen molar-refractivity contribution in [2.24, 2.45) is 0 Å². The van der Waals surface area contributed by atoms with E-state index in [1.807, 2.05) is 29.1 Å². The highest BCUT2D eigenvalue weighted by Gasteiger charge is 2.06. The van der Waals surface area contributed by atoms with Crippen molar-refractivity contribution in [2.75, 3.05) is 0 Å². The highest BCUT2D eigenvalue weighted by molar-refractivity contribution is 5.40. The van der Waals surface area contributed by atoms with Crippen LogP contribution in [-0.4, -0.2) is 15.8 Å². The van der Waals surface area contributed by atoms with Gasteiger partial charge in [0, 0.05) is 25.0 Å². The zero-order valence-corrected chi connectivity index (χ0v) is 11.4. The zero-order chi connectivity index (χ0) is 13.5. The predicted molar refractivity (Wildman–Crippen MR) is 79.3 cm³/mol. The molecule has 100 valence electrons. The van der Waals surface area contributed by atoms with Gasteiger partial charge in [0.25, 0.3) is 0 Å². The Bertz CT molecular complexity index is 502. The number of aromatic nitrogens is 2. The molecule has 2 rings (SSSR count). The van der Waals surface area contributed by atoms with Crippen LogP contribution >= 0.6 is 0 Å². The molecule has 1 atom stereocenters. The van der Waals surface area contributed by atoms with Gasteiger partial charge in [-0.2, -0.15) is 5.10 Å². The smallest absolute Gasteiger partial charge is 0.0690 e. The van der Waals surface area contributed by atoms with Crippen LogP contribution in [0.2, 0.25) is 0 Å². The molecular weight excluding hydrogens is 234 g/mol. The van der Waals surface area contributed by atoms with Crippen LogP contribution in [0.15, 0.2) is 55.4 Å². The number of nitrogens with one attached hydrogen (secondary N) is 1. The summed E-state index contributed by atoms with van der Waals surface area (Å²) in [6, 6.07) is 10.8. The Kier molecular flexibility index (Phi) is 4.93. The summed E-state index contributed by atoms with van der Waals surface area (Å²) in [5.74, 6) is 0. The van der Waals surface area contributed by atoms with Gasteiger partial charge in [0.15, 0.2) is 0 Å². The van der Waals surface area contributed by atoms with Crippen molar-refractivity contribution < 1.29 is 0 Å². The summed E-state index contributed by atoms with van der Waals surface area (Å²) in [5.41, 5.74) is 2.40. The third-order valence-corrected chi connectivity index (χ3v) is 3.19. The molecule has 0 saturated heterocycles. The Morgan fingerprint density at radius 2 is 2.21 bits per heavy atom. The van der Waals surface area contributed by atoms with Gasteiger partial charge in [-0.1, -0.05) is 24.3 Å². The summed E-state index contributed by atoms with van der Waals surface area (Å²) in [7, 11) is 0. The molecule has 0 aliphatic rings. The van der Waals surface area contributed by atoms with Gasteiger partial charge in [0.1, 0.15) is 0 Å². The van der Waals surface area contributed by atoms with Crippen molar-refractivity contribution in [2.45, 2.75) is 32.4 Å². The number of benzene rings is 1. The fraction of sp³-hybridized carbons (Fsp3) is 0.312. The van der Waals surface area contributed by atoms with Gasteiger partial charge in [0.05, 0.1) is 5.69 Å². The molecule has 0 aliphatic heterocycles. The van der Waals surface area contributed by atoms with Crippen molar-refractivity contribution in [3.05, 3.63) is 60.9 Å². The molecule has 1 aromatic heterocycles. The third-order valence-electron chi connectivity index (χ3n) is 3.19. The SMILES string of the molecule is C=CCCC(C)NCc1ccccc1-n1cccn1. The van der Waals surface area contributed by atoms with Gasteiger partial charge in [-0.15, -0.1) is 6.58 Å². The van der Waals surface area contributed by atoms with E-state index in [-0.39, 0.29) is 0 Å². The lowest BCUT2D eigenvalue weighted by Gasteiger charge is -2.15. The van der Waals surface area contributed by atoms with Gasteiger partial charge in [-0.25, -0.2) is 4.68 Å². The topological polar surface area (TPSA) is 29.9 Å². The minimum Gasteiger partial charge on any atom is -0.310 e. The quantitative estimate of drug-likeness (QED) is 0.769. The van der Waals surface area contributed by atoms with E-state index in [0.29, 0.717) is 6.04 Å². The molecule has 1 unspecified atom stereocenters. The van der Waals surface area contributed by atoms with Crippen LogP contribution in [0.1, 0.15) is 25.3 Å². The Labute approximate surface area is 115 Å². The number of hydrogen-bond acceptors (Lipinski definition) is 2. The molecule has 0 bridgehead atoms. The molecular formula is C16H21N3. The van der Waals surface area contributed by atoms with E-state index in [0.717, 1.165) is 25.1 Å². The van der Waals surface area contributed by atoms with Gasteiger partial charge < -0.3 is 5.32 Å². The molecule has 0 aliphatic carbocycles. The molecule has 1 aromatic carbocycles. The molecule has 2 aromatic rings. The molecule has 3 nitrogen and oxygen atoms in total. The minimum atomic E-state index is 0.490. The molecule has 0 amide bonds. The van der Waals surface area contributed by atoms with E-state index in [2.05, 4.69) is 42.1 Å². The lowest BCUT2D eigenvalue weighted by molar-refractivity contribution is 0.517. The molecule has 3 heteroatoms. The van der Waals surface area contributed by atoms with Crippen LogP contribution < -0.4 is 5.32 Å². The Morgan fingerprint density at radius 1 is 1.37 bits per heavy atom. The second-order valence-electron chi connectivity index (χ2n) is 4.73. The lowest BCUT2D eigenvalue weighted by atomic mass is 10.1. The molecule has 0 saturated carbocycles. The molecule has 1 heterocycles. The third kappa shape index (κ3) is 3.80. The van der Waals surface area contributed by atoms with E-state index < -0.39 is 0 Å². The largest absolute Gasteiger partial charge is 0.310 e. The van der Waals surface area contributed by atoms with Crippen LogP contribution in [0.25, 0.3) is 5.69 Å². The van der Waals surface area contributed by atoms with Crippen LogP contribution in [0.4, 0.5) is 0 Å². The predicted octanol–water partition coefficient (Wildman–Crippen LogP) is 3.32. The van der Waals surface area contributed by atoms with Gasteiger partial charge in [-0.05, 0) is 37.5 Å². The first-order valence-corrected chi connectivity index (χ1v) is 6.73. The monoisotopic (exact) mass is 255 g/mol. The first-order chi connectivity index (χ1) is 9.31. The van der Waals surface area contributed by atoms with E-state index in [9.17, 15) is 0 Å². The van der Waals surface area contributed by atoms with Crippen LogP contribution in [-0.2, 0) is 6.54 Å². The van der Waals surface area contributed by atoms with Crippen molar-refractivity contribution in [1.82, 2.24) is 15.1 Å². The number of allylic oxidation sites excluding steroid dienone is 1. The summed E-state index contributed by atoms with van der Waals surface area (Å²) in [6.07, 6.45) is 7.91. The second-order valence-corrected chi connectivity index (χ2v) is 4.73. The maximum Gasteiger partial charge on any atom is 0.0690 e. The summed E-state index contributed by atoms with van der Waals surface area (Å²) in [4.78, 5) is 0. The summed E-state index contributed by atoms with van der Waals surface area (Å²) in [6.45, 7) is 6.82. The minimum absolute atomic E-state index is 0.490. The second kappa shape index (κ2) is 6.90. The van der Waals surface area contributed by atoms with Crippen molar-refractivity contribution >= 4 is 0 Å². The van der Waals surface area contributed by atoms with Gasteiger partial charge in [0.2, 0.25) is 0 Å². The van der Waals surface area contributed by atoms with Crippen molar-refractivity contribution in [3.63, 3.8) is 0 Å². The fourth-order valence-corrected chi connectivity index (χ4v) is 2.05. The van der Waals surface area contributed by atoms with Crippen LogP contribution in [0, 0.1) is 0 Å². The average Bonchev–Trinajstić information content (AvgIpc) is 2.97. The molecule has 0 spiro atoms. The van der Waals surface area contributed by atoms with Crippen LogP contribution in [0.3, 0.4) is 0 Å². The highest BCUT2D eigenvalue weighted by Crippen LogP contribution is 2.13. The highest BCUT2D eigenvalue weighted by atomic mass is 15.3. The van der Waals surface area contributed by atoms with Gasteiger partial charge in [-0.3, -0.25) is 0 Å². The number of hydrogen-bond donors (Lipinski definition) is 1. The van der Waals surface area contributed by atoms with Crippen LogP contribution in [0.5, 0.6) is 0 Å². The average molecular weight is 255 g/mol. The number of rotatable bonds is 7. The Hall–Kier alpha value is -1.87. The molecule has 1 N–H and O–H groups in total. The van der Waals surface area contributed by atoms with E-state index >= 15 is 0 Å². The zero-order valence-electron chi connectivity index (χ0n) is 11.4. The first kappa shape index (κ1) is 13.6. The molecule has 0 radical (unpaired) electrons. The summed E-state index contributed by atoms with van der Waals surface area (Å²) >= 11 is 0. The van der Waals surface area contributed by atoms with E-state index in [1.165, 1.54) is 5.56 Å². The molecule has 19 heavy (non-hydrogen) atoms. The van der Waals surface area contributed by atoms with Crippen molar-refractivity contribution in [1.29, 1.82) is 0 Å². The standard InChI is InChI=1S/C16H21N3/c1-3-4-8-14(2)17-13-15-9-5-6-10-16(15)19-12-7-11-18-19/h3,5-7,9-12,14,17H,1,4,8,13H2,2H3.